The van der Waals surface area contributed by atoms with Gasteiger partial charge in [-0.1, -0.05) is 43.3 Å². The average Bonchev–Trinajstić information content (AvgIpc) is 3.38. The van der Waals surface area contributed by atoms with Gasteiger partial charge < -0.3 is 35.6 Å². The topological polar surface area (TPSA) is 152 Å². The van der Waals surface area contributed by atoms with Crippen LogP contribution in [-0.2, 0) is 39.4 Å². The van der Waals surface area contributed by atoms with Crippen molar-refractivity contribution in [3.8, 4) is 5.75 Å². The number of hydrogen-bond acceptors (Lipinski definition) is 8. The van der Waals surface area contributed by atoms with Crippen LogP contribution in [0.2, 0.25) is 0 Å². The van der Waals surface area contributed by atoms with Crippen molar-refractivity contribution in [2.24, 2.45) is 5.92 Å². The minimum atomic E-state index is -1.95. The van der Waals surface area contributed by atoms with Crippen LogP contribution in [0.1, 0.15) is 55.4 Å². The lowest BCUT2D eigenvalue weighted by Gasteiger charge is -2.36. The van der Waals surface area contributed by atoms with E-state index in [1.165, 1.54) is 0 Å². The summed E-state index contributed by atoms with van der Waals surface area (Å²) in [6.45, 7) is 5.06. The van der Waals surface area contributed by atoms with E-state index >= 15 is 0 Å². The molecular formula is C39H46N4O7. The van der Waals surface area contributed by atoms with Gasteiger partial charge >= 0.3 is 0 Å². The van der Waals surface area contributed by atoms with Gasteiger partial charge in [-0.15, -0.1) is 0 Å². The van der Waals surface area contributed by atoms with E-state index in [1.54, 1.807) is 47.1 Å². The molecule has 0 spiro atoms. The van der Waals surface area contributed by atoms with Gasteiger partial charge in [0.15, 0.2) is 5.60 Å². The molecule has 264 valence electrons. The van der Waals surface area contributed by atoms with Gasteiger partial charge in [0.2, 0.25) is 11.8 Å². The largest absolute Gasteiger partial charge is 0.494 e. The van der Waals surface area contributed by atoms with Crippen molar-refractivity contribution in [1.29, 1.82) is 0 Å². The predicted octanol–water partition coefficient (Wildman–Crippen LogP) is 3.70. The highest BCUT2D eigenvalue weighted by Gasteiger charge is 2.49. The van der Waals surface area contributed by atoms with Crippen LogP contribution in [0.3, 0.4) is 0 Å². The first kappa shape index (κ1) is 35.3. The second kappa shape index (κ2) is 15.1. The number of benzene rings is 3. The molecule has 3 aromatic rings. The van der Waals surface area contributed by atoms with Crippen LogP contribution in [0.15, 0.2) is 72.8 Å². The van der Waals surface area contributed by atoms with Gasteiger partial charge in [-0.25, -0.2) is 0 Å². The molecule has 5 N–H and O–H groups in total. The molecule has 50 heavy (non-hydrogen) atoms. The van der Waals surface area contributed by atoms with Gasteiger partial charge in [-0.2, -0.15) is 0 Å². The van der Waals surface area contributed by atoms with Gasteiger partial charge in [-0.05, 0) is 92.2 Å². The van der Waals surface area contributed by atoms with Crippen LogP contribution in [0.5, 0.6) is 5.75 Å². The Bertz CT molecular complexity index is 1780. The highest BCUT2D eigenvalue weighted by atomic mass is 16.5. The summed E-state index contributed by atoms with van der Waals surface area (Å²) in [5.41, 5.74) is 3.14. The zero-order valence-corrected chi connectivity index (χ0v) is 28.6. The maximum absolute atomic E-state index is 14.0. The van der Waals surface area contributed by atoms with Gasteiger partial charge in [0.1, 0.15) is 5.75 Å². The molecule has 3 aliphatic rings. The number of unbranched alkanes of at least 4 members (excludes halogenated alkanes) is 1. The number of amides is 3. The van der Waals surface area contributed by atoms with Crippen molar-refractivity contribution < 1.29 is 34.4 Å². The van der Waals surface area contributed by atoms with Gasteiger partial charge in [0, 0.05) is 42.4 Å². The zero-order chi connectivity index (χ0) is 35.4. The molecule has 0 fully saturated rings. The maximum atomic E-state index is 14.0. The lowest BCUT2D eigenvalue weighted by molar-refractivity contribution is -0.137. The molecule has 0 saturated heterocycles. The molecule has 3 aromatic carbocycles. The van der Waals surface area contributed by atoms with Crippen LogP contribution in [0, 0.1) is 5.92 Å². The fourth-order valence-corrected chi connectivity index (χ4v) is 7.28. The van der Waals surface area contributed by atoms with E-state index in [0.717, 1.165) is 23.1 Å². The Morgan fingerprint density at radius 2 is 1.86 bits per heavy atom. The predicted molar refractivity (Wildman–Crippen MR) is 190 cm³/mol. The number of hydrogen-bond donors (Lipinski definition) is 5. The third kappa shape index (κ3) is 6.78. The zero-order valence-electron chi connectivity index (χ0n) is 28.6. The summed E-state index contributed by atoms with van der Waals surface area (Å²) in [5.74, 6) is -0.923. The smallest absolute Gasteiger partial charge is 0.261 e. The number of aliphatic hydroxyl groups is 3. The lowest BCUT2D eigenvalue weighted by Crippen LogP contribution is -2.49. The summed E-state index contributed by atoms with van der Waals surface area (Å²) in [7, 11) is 0. The van der Waals surface area contributed by atoms with E-state index in [9.17, 15) is 29.7 Å². The number of rotatable bonds is 13. The number of nitrogens with zero attached hydrogens (tertiary/aromatic N) is 2. The standard InChI is InChI=1S/C39H46N4O7/c1-3-50-31-14-16-35-28(20-31)21-34(40-17-6-7-18-44)37(47)43(35)29-13-15-33-32(22-29)39(49,38(48)41-33)25(2)9-8-12-36(46)42-23-27-11-5-4-10-26(27)19-30(42)24-45/h4-5,8-11,13-16,20,22,25,30,34,40,44-45,49H,3,6-7,12,17-19,21,23-24H2,1-2H3,(H,41,48)/b9-8+/t25-,30+,34?,39+/m1/s1. The van der Waals surface area contributed by atoms with Crippen molar-refractivity contribution in [1.82, 2.24) is 10.2 Å². The summed E-state index contributed by atoms with van der Waals surface area (Å²) >= 11 is 0. The summed E-state index contributed by atoms with van der Waals surface area (Å²) in [4.78, 5) is 44.1. The Morgan fingerprint density at radius 1 is 1.06 bits per heavy atom. The van der Waals surface area contributed by atoms with Crippen LogP contribution in [0.25, 0.3) is 0 Å². The first-order valence-corrected chi connectivity index (χ1v) is 17.5. The Balaban J connectivity index is 1.24. The highest BCUT2D eigenvalue weighted by Crippen LogP contribution is 2.45. The van der Waals surface area contributed by atoms with E-state index in [2.05, 4.69) is 10.6 Å². The summed E-state index contributed by atoms with van der Waals surface area (Å²) in [6, 6.07) is 17.8. The summed E-state index contributed by atoms with van der Waals surface area (Å²) in [6.07, 6.45) is 5.78. The third-order valence-corrected chi connectivity index (χ3v) is 10.1. The number of fused-ring (bicyclic) bond motifs is 3. The monoisotopic (exact) mass is 682 g/mol. The highest BCUT2D eigenvalue weighted by molar-refractivity contribution is 6.09. The van der Waals surface area contributed by atoms with Crippen LogP contribution in [0.4, 0.5) is 17.1 Å². The molecule has 4 atom stereocenters. The quantitative estimate of drug-likeness (QED) is 0.135. The first-order valence-electron chi connectivity index (χ1n) is 17.5. The molecule has 0 bridgehead atoms. The van der Waals surface area contributed by atoms with E-state index < -0.39 is 23.5 Å². The first-order chi connectivity index (χ1) is 24.2. The number of anilines is 3. The van der Waals surface area contributed by atoms with Crippen molar-refractivity contribution in [3.63, 3.8) is 0 Å². The Labute approximate surface area is 292 Å². The van der Waals surface area contributed by atoms with Crippen LogP contribution >= 0.6 is 0 Å². The van der Waals surface area contributed by atoms with Crippen LogP contribution in [-0.4, -0.2) is 76.4 Å². The van der Waals surface area contributed by atoms with Gasteiger partial charge in [-0.3, -0.25) is 19.3 Å². The molecule has 11 heteroatoms. The van der Waals surface area contributed by atoms with E-state index in [1.807, 2.05) is 49.4 Å². The number of nitrogens with one attached hydrogen (secondary N) is 2. The van der Waals surface area contributed by atoms with E-state index in [0.29, 0.717) is 67.3 Å². The molecule has 0 radical (unpaired) electrons. The minimum absolute atomic E-state index is 0.0447. The van der Waals surface area contributed by atoms with Crippen molar-refractivity contribution in [2.75, 3.05) is 36.6 Å². The fraction of sp³-hybridized carbons (Fsp3) is 0.410. The molecule has 1 unspecified atom stereocenters. The summed E-state index contributed by atoms with van der Waals surface area (Å²) < 4.78 is 5.75. The summed E-state index contributed by atoms with van der Waals surface area (Å²) in [5, 5.41) is 37.4. The Morgan fingerprint density at radius 3 is 2.62 bits per heavy atom. The molecule has 3 heterocycles. The SMILES string of the molecule is CCOc1ccc2c(c1)CC(NCCCCO)C(=O)N2c1ccc2c(c1)[C@@](O)([C@H](C)/C=C/CC(=O)N1Cc3ccccc3C[C@H]1CO)C(=O)N2. The Kier molecular flexibility index (Phi) is 10.7. The maximum Gasteiger partial charge on any atom is 0.261 e. The fourth-order valence-electron chi connectivity index (χ4n) is 7.28. The molecule has 11 nitrogen and oxygen atoms in total. The second-order valence-corrected chi connectivity index (χ2v) is 13.2. The van der Waals surface area contributed by atoms with Gasteiger partial charge in [0.05, 0.1) is 31.0 Å². The molecule has 6 rings (SSSR count). The molecule has 3 aliphatic heterocycles. The minimum Gasteiger partial charge on any atom is -0.494 e. The number of ether oxygens (including phenoxy) is 1. The van der Waals surface area contributed by atoms with E-state index in [4.69, 9.17) is 4.74 Å². The number of aliphatic hydroxyl groups excluding tert-OH is 2. The molecule has 0 aliphatic carbocycles. The van der Waals surface area contributed by atoms with Crippen LogP contribution < -0.4 is 20.3 Å². The third-order valence-electron chi connectivity index (χ3n) is 10.1. The van der Waals surface area contributed by atoms with Crippen molar-refractivity contribution in [2.45, 2.75) is 70.2 Å². The van der Waals surface area contributed by atoms with Crippen molar-refractivity contribution >= 4 is 34.8 Å². The molecule has 3 amide bonds. The lowest BCUT2D eigenvalue weighted by atomic mass is 9.82. The molecule has 0 saturated carbocycles. The van der Waals surface area contributed by atoms with Gasteiger partial charge in [0.25, 0.3) is 5.91 Å². The molecular weight excluding hydrogens is 636 g/mol. The van der Waals surface area contributed by atoms with E-state index in [-0.39, 0.29) is 37.5 Å². The number of carbonyl (C=O) groups is 3. The van der Waals surface area contributed by atoms with Crippen molar-refractivity contribution in [3.05, 3.63) is 95.1 Å². The average molecular weight is 683 g/mol. The Hall–Kier alpha value is -4.55. The second-order valence-electron chi connectivity index (χ2n) is 13.2. The normalized spacial score (nSPS) is 21.9. The molecule has 0 aromatic heterocycles. The number of carbonyl (C=O) groups excluding carboxylic acids is 3.